The summed E-state index contributed by atoms with van der Waals surface area (Å²) in [5.74, 6) is 1.16. The van der Waals surface area contributed by atoms with E-state index in [1.165, 1.54) is 21.3 Å². The Hall–Kier alpha value is -2.80. The fourth-order valence-electron chi connectivity index (χ4n) is 3.53. The third-order valence-corrected chi connectivity index (χ3v) is 5.15. The van der Waals surface area contributed by atoms with Crippen molar-refractivity contribution in [3.63, 3.8) is 0 Å². The molecule has 0 aliphatic carbocycles. The van der Waals surface area contributed by atoms with E-state index >= 15 is 0 Å². The molecule has 0 saturated carbocycles. The van der Waals surface area contributed by atoms with Gasteiger partial charge >= 0.3 is 0 Å². The van der Waals surface area contributed by atoms with Crippen LogP contribution in [-0.2, 0) is 13.1 Å². The molecule has 2 aromatic carbocycles. The Morgan fingerprint density at radius 2 is 1.68 bits per heavy atom. The largest absolute Gasteiger partial charge is 1.00 e. The first-order valence-electron chi connectivity index (χ1n) is 10.1. The van der Waals surface area contributed by atoms with Gasteiger partial charge in [-0.2, -0.15) is 0 Å². The minimum Gasteiger partial charge on any atom is -1.00 e. The van der Waals surface area contributed by atoms with E-state index in [0.717, 1.165) is 35.9 Å². The molecule has 3 aromatic rings. The molecule has 0 aliphatic heterocycles. The van der Waals surface area contributed by atoms with Crippen LogP contribution >= 0.6 is 0 Å². The van der Waals surface area contributed by atoms with Gasteiger partial charge in [0, 0.05) is 18.1 Å². The van der Waals surface area contributed by atoms with Gasteiger partial charge in [0.1, 0.15) is 13.1 Å². The zero-order valence-electron chi connectivity index (χ0n) is 18.4. The van der Waals surface area contributed by atoms with E-state index in [-0.39, 0.29) is 22.9 Å². The van der Waals surface area contributed by atoms with Gasteiger partial charge in [-0.25, -0.2) is 4.57 Å². The molecule has 0 radical (unpaired) electrons. The maximum absolute atomic E-state index is 12.9. The van der Waals surface area contributed by atoms with Gasteiger partial charge < -0.3 is 36.5 Å². The van der Waals surface area contributed by atoms with Crippen molar-refractivity contribution >= 4 is 16.7 Å². The predicted octanol–water partition coefficient (Wildman–Crippen LogP) is 0.887. The Balaban J connectivity index is 0.00000341. The lowest BCUT2D eigenvalue weighted by atomic mass is 10.1. The standard InChI is InChI=1S/C24H28N2O4.BrH/c1-5-6-12-26-13-11-17-9-7-8-10-19(17)20(26)16-25-24(27)18-14-21(28-2)23(30-4)22(15-18)29-3;/h7-11,13-15H,5-6,12,16H2,1-4H3;1H. The summed E-state index contributed by atoms with van der Waals surface area (Å²) in [6, 6.07) is 13.7. The molecule has 1 N–H and O–H groups in total. The molecule has 0 fully saturated rings. The van der Waals surface area contributed by atoms with Gasteiger partial charge in [0.25, 0.3) is 5.91 Å². The van der Waals surface area contributed by atoms with Gasteiger partial charge in [0.05, 0.1) is 26.7 Å². The Morgan fingerprint density at radius 1 is 1.00 bits per heavy atom. The van der Waals surface area contributed by atoms with Crippen LogP contribution in [0.4, 0.5) is 0 Å². The Kier molecular flexibility index (Phi) is 9.12. The van der Waals surface area contributed by atoms with Crippen LogP contribution in [0, 0.1) is 0 Å². The van der Waals surface area contributed by atoms with Crippen molar-refractivity contribution < 1.29 is 40.6 Å². The predicted molar refractivity (Wildman–Crippen MR) is 116 cm³/mol. The maximum Gasteiger partial charge on any atom is 0.252 e. The number of pyridine rings is 1. The summed E-state index contributed by atoms with van der Waals surface area (Å²) in [5.41, 5.74) is 1.53. The molecule has 0 spiro atoms. The van der Waals surface area contributed by atoms with Crippen LogP contribution in [0.15, 0.2) is 48.7 Å². The van der Waals surface area contributed by atoms with Crippen LogP contribution in [0.3, 0.4) is 0 Å². The van der Waals surface area contributed by atoms with E-state index in [4.69, 9.17) is 14.2 Å². The molecule has 7 heteroatoms. The smallest absolute Gasteiger partial charge is 0.252 e. The molecule has 31 heavy (non-hydrogen) atoms. The first-order chi connectivity index (χ1) is 14.6. The molecule has 0 bridgehead atoms. The van der Waals surface area contributed by atoms with Crippen molar-refractivity contribution in [1.82, 2.24) is 5.32 Å². The second-order valence-electron chi connectivity index (χ2n) is 6.99. The van der Waals surface area contributed by atoms with Crippen LogP contribution in [-0.4, -0.2) is 27.2 Å². The summed E-state index contributed by atoms with van der Waals surface area (Å²) in [5, 5.41) is 5.35. The molecule has 1 aromatic heterocycles. The average molecular weight is 489 g/mol. The number of ether oxygens (including phenoxy) is 3. The van der Waals surface area contributed by atoms with E-state index in [0.29, 0.717) is 29.4 Å². The van der Waals surface area contributed by atoms with Crippen LogP contribution in [0.1, 0.15) is 35.8 Å². The van der Waals surface area contributed by atoms with E-state index in [1.807, 2.05) is 12.1 Å². The molecule has 3 rings (SSSR count). The number of nitrogens with zero attached hydrogens (tertiary/aromatic N) is 1. The number of halogens is 1. The molecule has 0 aliphatic rings. The van der Waals surface area contributed by atoms with Crippen LogP contribution in [0.25, 0.3) is 10.8 Å². The summed E-state index contributed by atoms with van der Waals surface area (Å²) < 4.78 is 18.3. The minimum absolute atomic E-state index is 0. The van der Waals surface area contributed by atoms with E-state index < -0.39 is 0 Å². The zero-order valence-corrected chi connectivity index (χ0v) is 20.0. The normalized spacial score (nSPS) is 10.3. The van der Waals surface area contributed by atoms with Gasteiger partial charge in [-0.3, -0.25) is 4.79 Å². The number of aryl methyl sites for hydroxylation is 1. The summed E-state index contributed by atoms with van der Waals surface area (Å²) >= 11 is 0. The lowest BCUT2D eigenvalue weighted by Crippen LogP contribution is -3.00. The number of aromatic nitrogens is 1. The lowest BCUT2D eigenvalue weighted by Gasteiger charge is -2.14. The van der Waals surface area contributed by atoms with Gasteiger partial charge in [0.15, 0.2) is 17.7 Å². The monoisotopic (exact) mass is 488 g/mol. The fourth-order valence-corrected chi connectivity index (χ4v) is 3.53. The molecule has 0 atom stereocenters. The number of nitrogens with one attached hydrogen (secondary N) is 1. The molecule has 166 valence electrons. The Labute approximate surface area is 193 Å². The summed E-state index contributed by atoms with van der Waals surface area (Å²) in [6.45, 7) is 3.50. The van der Waals surface area contributed by atoms with Crippen LogP contribution in [0.2, 0.25) is 0 Å². The summed E-state index contributed by atoms with van der Waals surface area (Å²) in [4.78, 5) is 12.9. The van der Waals surface area contributed by atoms with Gasteiger partial charge in [-0.15, -0.1) is 0 Å². The summed E-state index contributed by atoms with van der Waals surface area (Å²) in [6.07, 6.45) is 4.28. The minimum atomic E-state index is -0.204. The SMILES string of the molecule is CCCC[n+]1ccc2ccccc2c1CNC(=O)c1cc(OC)c(OC)c(OC)c1.[Br-]. The van der Waals surface area contributed by atoms with Crippen molar-refractivity contribution in [2.24, 2.45) is 0 Å². The quantitative estimate of drug-likeness (QED) is 0.454. The van der Waals surface area contributed by atoms with Gasteiger partial charge in [0.2, 0.25) is 11.4 Å². The van der Waals surface area contributed by atoms with Crippen molar-refractivity contribution in [2.75, 3.05) is 21.3 Å². The highest BCUT2D eigenvalue weighted by atomic mass is 79.9. The number of carbonyl (C=O) groups is 1. The molecule has 0 unspecified atom stereocenters. The van der Waals surface area contributed by atoms with E-state index in [9.17, 15) is 4.79 Å². The van der Waals surface area contributed by atoms with Gasteiger partial charge in [-0.05, 0) is 23.6 Å². The first kappa shape index (κ1) is 24.5. The average Bonchev–Trinajstić information content (AvgIpc) is 2.80. The topological polar surface area (TPSA) is 60.7 Å². The number of benzene rings is 2. The number of hydrogen-bond donors (Lipinski definition) is 1. The van der Waals surface area contributed by atoms with Crippen molar-refractivity contribution in [3.05, 3.63) is 59.9 Å². The number of fused-ring (bicyclic) bond motifs is 1. The number of amides is 1. The van der Waals surface area contributed by atoms with E-state index in [1.54, 1.807) is 12.1 Å². The van der Waals surface area contributed by atoms with Crippen LogP contribution in [0.5, 0.6) is 17.2 Å². The Bertz CT molecular complexity index is 1010. The molecule has 1 heterocycles. The first-order valence-corrected chi connectivity index (χ1v) is 10.1. The third-order valence-electron chi connectivity index (χ3n) is 5.15. The van der Waals surface area contributed by atoms with Gasteiger partial charge in [-0.1, -0.05) is 31.5 Å². The van der Waals surface area contributed by atoms with Crippen LogP contribution < -0.4 is 41.1 Å². The number of hydrogen-bond acceptors (Lipinski definition) is 4. The summed E-state index contributed by atoms with van der Waals surface area (Å²) in [7, 11) is 4.60. The lowest BCUT2D eigenvalue weighted by molar-refractivity contribution is -0.703. The highest BCUT2D eigenvalue weighted by Gasteiger charge is 2.19. The number of carbonyl (C=O) groups excluding carboxylic acids is 1. The number of rotatable bonds is 9. The zero-order chi connectivity index (χ0) is 21.5. The van der Waals surface area contributed by atoms with E-state index in [2.05, 4.69) is 41.2 Å². The maximum atomic E-state index is 12.9. The molecule has 0 saturated heterocycles. The van der Waals surface area contributed by atoms with Crippen molar-refractivity contribution in [3.8, 4) is 17.2 Å². The second-order valence-corrected chi connectivity index (χ2v) is 6.99. The fraction of sp³-hybridized carbons (Fsp3) is 0.333. The highest BCUT2D eigenvalue weighted by Crippen LogP contribution is 2.38. The third kappa shape index (κ3) is 5.47. The Morgan fingerprint density at radius 3 is 2.29 bits per heavy atom. The van der Waals surface area contributed by atoms with Crippen molar-refractivity contribution in [1.29, 1.82) is 0 Å². The molecular weight excluding hydrogens is 460 g/mol. The van der Waals surface area contributed by atoms with Crippen molar-refractivity contribution in [2.45, 2.75) is 32.9 Å². The molecule has 6 nitrogen and oxygen atoms in total. The molecule has 1 amide bonds. The number of unbranched alkanes of at least 4 members (excludes halogenated alkanes) is 1. The second kappa shape index (κ2) is 11.6. The number of methoxy groups -OCH3 is 3. The highest BCUT2D eigenvalue weighted by molar-refractivity contribution is 5.96. The molecular formula is C24H29BrN2O4.